The van der Waals surface area contributed by atoms with Gasteiger partial charge in [-0.1, -0.05) is 11.6 Å². The van der Waals surface area contributed by atoms with Crippen molar-refractivity contribution in [2.45, 2.75) is 25.8 Å². The highest BCUT2D eigenvalue weighted by Gasteiger charge is 2.38. The van der Waals surface area contributed by atoms with Crippen LogP contribution in [0.4, 0.5) is 5.82 Å². The lowest BCUT2D eigenvalue weighted by atomic mass is 9.86. The van der Waals surface area contributed by atoms with Crippen LogP contribution in [0.5, 0.6) is 5.75 Å². The van der Waals surface area contributed by atoms with Crippen LogP contribution in [-0.4, -0.2) is 59.1 Å². The van der Waals surface area contributed by atoms with Gasteiger partial charge in [0.2, 0.25) is 10.0 Å². The van der Waals surface area contributed by atoms with Crippen molar-refractivity contribution in [3.63, 3.8) is 0 Å². The summed E-state index contributed by atoms with van der Waals surface area (Å²) in [6.45, 7) is 4.75. The number of anilines is 1. The van der Waals surface area contributed by atoms with Crippen molar-refractivity contribution in [1.82, 2.24) is 24.2 Å². The summed E-state index contributed by atoms with van der Waals surface area (Å²) in [6.07, 6.45) is 4.26. The van der Waals surface area contributed by atoms with Gasteiger partial charge in [0.1, 0.15) is 17.6 Å². The minimum Gasteiger partial charge on any atom is -0.496 e. The van der Waals surface area contributed by atoms with E-state index in [1.165, 1.54) is 16.9 Å². The van der Waals surface area contributed by atoms with Crippen molar-refractivity contribution in [1.29, 1.82) is 0 Å². The molecule has 0 bridgehead atoms. The average molecular weight is 451 g/mol. The largest absolute Gasteiger partial charge is 0.496 e. The number of nitrogens with zero attached hydrogens (tertiary/aromatic N) is 4. The molecule has 11 heteroatoms. The highest BCUT2D eigenvalue weighted by Crippen LogP contribution is 2.44. The Balaban J connectivity index is 1.70. The predicted octanol–water partition coefficient (Wildman–Crippen LogP) is 2.86. The van der Waals surface area contributed by atoms with Crippen molar-refractivity contribution in [2.24, 2.45) is 0 Å². The van der Waals surface area contributed by atoms with Crippen LogP contribution in [0.15, 0.2) is 18.7 Å². The number of H-pyrrole nitrogens is 1. The second-order valence-electron chi connectivity index (χ2n) is 7.48. The molecule has 0 spiro atoms. The van der Waals surface area contributed by atoms with Crippen LogP contribution in [-0.2, 0) is 10.0 Å². The molecular formula is C19H23ClN6O3S. The second kappa shape index (κ2) is 7.68. The number of benzene rings is 1. The number of imidazole rings is 1. The smallest absolute Gasteiger partial charge is 0.211 e. The van der Waals surface area contributed by atoms with Gasteiger partial charge in [-0.3, -0.25) is 0 Å². The maximum atomic E-state index is 11.8. The number of methoxy groups -OCH3 is 1. The molecule has 2 N–H and O–H groups in total. The highest BCUT2D eigenvalue weighted by atomic mass is 35.5. The maximum absolute atomic E-state index is 11.8. The van der Waals surface area contributed by atoms with Crippen LogP contribution in [0.3, 0.4) is 0 Å². The van der Waals surface area contributed by atoms with Gasteiger partial charge in [-0.2, -0.15) is 0 Å². The van der Waals surface area contributed by atoms with Gasteiger partial charge in [0.25, 0.3) is 0 Å². The Hall–Kier alpha value is -2.43. The molecule has 1 aliphatic rings. The van der Waals surface area contributed by atoms with Crippen LogP contribution in [0.25, 0.3) is 11.2 Å². The molecule has 1 aliphatic heterocycles. The summed E-state index contributed by atoms with van der Waals surface area (Å²) in [7, 11) is -1.59. The standard InChI is InChI=1S/C19H23ClN6O3S/c1-10-14(20)5-13(11(2)25-19-16-18(22-8-21-16)23-9-24-19)17(29-3)15(10)12-6-26(7-12)30(4,27)28/h5,8-9,11-12H,6-7H2,1-4H3,(H2,21,22,23,24,25). The fourth-order valence-corrected chi connectivity index (χ4v) is 4.97. The van der Waals surface area contributed by atoms with Gasteiger partial charge in [0.15, 0.2) is 11.5 Å². The summed E-state index contributed by atoms with van der Waals surface area (Å²) < 4.78 is 30.8. The average Bonchev–Trinajstić information content (AvgIpc) is 3.12. The summed E-state index contributed by atoms with van der Waals surface area (Å²) in [5.74, 6) is 1.33. The molecule has 1 fully saturated rings. The number of fused-ring (bicyclic) bond motifs is 1. The Morgan fingerprint density at radius 3 is 2.73 bits per heavy atom. The van der Waals surface area contributed by atoms with Gasteiger partial charge in [-0.15, -0.1) is 0 Å². The molecule has 9 nitrogen and oxygen atoms in total. The summed E-state index contributed by atoms with van der Waals surface area (Å²) >= 11 is 6.57. The highest BCUT2D eigenvalue weighted by molar-refractivity contribution is 7.88. The summed E-state index contributed by atoms with van der Waals surface area (Å²) in [6, 6.07) is 1.69. The number of halogens is 1. The van der Waals surface area contributed by atoms with Gasteiger partial charge in [0, 0.05) is 35.2 Å². The van der Waals surface area contributed by atoms with E-state index in [0.29, 0.717) is 40.8 Å². The lowest BCUT2D eigenvalue weighted by Gasteiger charge is -2.39. The summed E-state index contributed by atoms with van der Waals surface area (Å²) in [4.78, 5) is 15.7. The number of rotatable bonds is 6. The zero-order valence-electron chi connectivity index (χ0n) is 17.1. The number of sulfonamides is 1. The van der Waals surface area contributed by atoms with Gasteiger partial charge in [0.05, 0.1) is 25.7 Å². The van der Waals surface area contributed by atoms with Crippen LogP contribution in [0.2, 0.25) is 5.02 Å². The molecule has 30 heavy (non-hydrogen) atoms. The number of aromatic amines is 1. The molecule has 0 aliphatic carbocycles. The van der Waals surface area contributed by atoms with Gasteiger partial charge in [-0.05, 0) is 25.5 Å². The van der Waals surface area contributed by atoms with Crippen LogP contribution < -0.4 is 10.1 Å². The minimum atomic E-state index is -3.21. The zero-order chi connectivity index (χ0) is 21.6. The molecule has 1 saturated heterocycles. The quantitative estimate of drug-likeness (QED) is 0.593. The maximum Gasteiger partial charge on any atom is 0.211 e. The Morgan fingerprint density at radius 1 is 1.33 bits per heavy atom. The Morgan fingerprint density at radius 2 is 2.07 bits per heavy atom. The first-order chi connectivity index (χ1) is 14.2. The van der Waals surface area contributed by atoms with E-state index < -0.39 is 10.0 Å². The third-order valence-corrected chi connectivity index (χ3v) is 7.15. The molecule has 2 aromatic heterocycles. The van der Waals surface area contributed by atoms with E-state index >= 15 is 0 Å². The Bertz CT molecular complexity index is 1210. The predicted molar refractivity (Wildman–Crippen MR) is 116 cm³/mol. The third kappa shape index (κ3) is 3.59. The fraction of sp³-hybridized carbons (Fsp3) is 0.421. The van der Waals surface area contributed by atoms with Crippen molar-refractivity contribution < 1.29 is 13.2 Å². The van der Waals surface area contributed by atoms with Crippen LogP contribution >= 0.6 is 11.6 Å². The van der Waals surface area contributed by atoms with Crippen LogP contribution in [0.1, 0.15) is 35.6 Å². The summed E-state index contributed by atoms with van der Waals surface area (Å²) in [5, 5.41) is 3.98. The number of hydrogen-bond donors (Lipinski definition) is 2. The molecule has 0 amide bonds. The molecule has 160 valence electrons. The SMILES string of the molecule is COc1c(C(C)Nc2ncnc3[nH]cnc23)cc(Cl)c(C)c1C1CN(S(C)(=O)=O)C1. The Labute approximate surface area is 179 Å². The topological polar surface area (TPSA) is 113 Å². The Kier molecular flexibility index (Phi) is 5.33. The molecule has 4 rings (SSSR count). The van der Waals surface area contributed by atoms with Crippen LogP contribution in [0, 0.1) is 6.92 Å². The van der Waals surface area contributed by atoms with Crippen molar-refractivity contribution in [3.8, 4) is 5.75 Å². The first-order valence-electron chi connectivity index (χ1n) is 9.43. The molecule has 1 atom stereocenters. The third-order valence-electron chi connectivity index (χ3n) is 5.52. The van der Waals surface area contributed by atoms with Crippen molar-refractivity contribution >= 4 is 38.6 Å². The van der Waals surface area contributed by atoms with E-state index in [-0.39, 0.29) is 12.0 Å². The number of hydrogen-bond acceptors (Lipinski definition) is 7. The molecule has 1 aromatic carbocycles. The minimum absolute atomic E-state index is 0.0245. The van der Waals surface area contributed by atoms with Gasteiger partial charge >= 0.3 is 0 Å². The van der Waals surface area contributed by atoms with E-state index in [9.17, 15) is 8.42 Å². The second-order valence-corrected chi connectivity index (χ2v) is 9.87. The number of nitrogens with one attached hydrogen (secondary N) is 2. The zero-order valence-corrected chi connectivity index (χ0v) is 18.7. The van der Waals surface area contributed by atoms with Crippen molar-refractivity contribution in [2.75, 3.05) is 31.8 Å². The van der Waals surface area contributed by atoms with E-state index in [2.05, 4.69) is 25.3 Å². The van der Waals surface area contributed by atoms with E-state index in [4.69, 9.17) is 16.3 Å². The molecule has 3 heterocycles. The van der Waals surface area contributed by atoms with E-state index in [1.807, 2.05) is 19.9 Å². The summed E-state index contributed by atoms with van der Waals surface area (Å²) in [5.41, 5.74) is 4.00. The number of aromatic nitrogens is 4. The molecule has 1 unspecified atom stereocenters. The monoisotopic (exact) mass is 450 g/mol. The van der Waals surface area contributed by atoms with E-state index in [1.54, 1.807) is 13.4 Å². The molecular weight excluding hydrogens is 428 g/mol. The molecule has 0 saturated carbocycles. The molecule has 0 radical (unpaired) electrons. The van der Waals surface area contributed by atoms with Gasteiger partial charge in [-0.25, -0.2) is 27.7 Å². The van der Waals surface area contributed by atoms with Crippen molar-refractivity contribution in [3.05, 3.63) is 40.4 Å². The first-order valence-corrected chi connectivity index (χ1v) is 11.7. The molecule has 3 aromatic rings. The van der Waals surface area contributed by atoms with Gasteiger partial charge < -0.3 is 15.0 Å². The lowest BCUT2D eigenvalue weighted by Crippen LogP contribution is -2.48. The van der Waals surface area contributed by atoms with E-state index in [0.717, 1.165) is 16.7 Å². The fourth-order valence-electron chi connectivity index (χ4n) is 3.85. The normalized spacial score (nSPS) is 16.4. The lowest BCUT2D eigenvalue weighted by molar-refractivity contribution is 0.259. The first kappa shape index (κ1) is 20.8. The number of ether oxygens (including phenoxy) is 1.